The molecule has 3 aromatic heterocycles. The van der Waals surface area contributed by atoms with E-state index in [4.69, 9.17) is 9.72 Å². The van der Waals surface area contributed by atoms with Crippen LogP contribution in [0.1, 0.15) is 37.3 Å². The first-order chi connectivity index (χ1) is 20.4. The van der Waals surface area contributed by atoms with Crippen molar-refractivity contribution in [1.29, 1.82) is 0 Å². The van der Waals surface area contributed by atoms with E-state index in [-0.39, 0.29) is 24.0 Å². The van der Waals surface area contributed by atoms with E-state index in [1.165, 1.54) is 17.4 Å². The van der Waals surface area contributed by atoms with Gasteiger partial charge in [0.1, 0.15) is 11.5 Å². The number of Topliss-reactive ketones (excluding diaryl/α,β-unsaturated/α-hetero) is 1. The summed E-state index contributed by atoms with van der Waals surface area (Å²) in [5.74, 6) is 0.833. The van der Waals surface area contributed by atoms with Crippen molar-refractivity contribution in [1.82, 2.24) is 25.1 Å². The summed E-state index contributed by atoms with van der Waals surface area (Å²) in [7, 11) is 0. The minimum atomic E-state index is -0.489. The maximum absolute atomic E-state index is 14.9. The number of ether oxygens (including phenoxy) is 1. The van der Waals surface area contributed by atoms with E-state index in [1.807, 2.05) is 30.2 Å². The second kappa shape index (κ2) is 12.5. The highest BCUT2D eigenvalue weighted by molar-refractivity contribution is 7.22. The van der Waals surface area contributed by atoms with Gasteiger partial charge in [0.2, 0.25) is 0 Å². The number of piperazine rings is 1. The Morgan fingerprint density at radius 2 is 1.83 bits per heavy atom. The maximum atomic E-state index is 14.9. The Labute approximate surface area is 248 Å². The van der Waals surface area contributed by atoms with Crippen molar-refractivity contribution in [3.05, 3.63) is 71.8 Å². The molecule has 42 heavy (non-hydrogen) atoms. The van der Waals surface area contributed by atoms with Gasteiger partial charge in [-0.25, -0.2) is 9.18 Å². The van der Waals surface area contributed by atoms with Gasteiger partial charge in [-0.2, -0.15) is 0 Å². The number of carbonyl (C=O) groups excluding carboxylic acids is 2. The molecule has 6 rings (SSSR count). The Kier molecular flexibility index (Phi) is 8.43. The van der Waals surface area contributed by atoms with Gasteiger partial charge >= 0.3 is 6.03 Å². The summed E-state index contributed by atoms with van der Waals surface area (Å²) in [4.78, 5) is 38.6. The van der Waals surface area contributed by atoms with E-state index in [0.29, 0.717) is 43.3 Å². The lowest BCUT2D eigenvalue weighted by atomic mass is 10.0. The molecular weight excluding hydrogens is 553 g/mol. The molecule has 1 aromatic carbocycles. The van der Waals surface area contributed by atoms with Crippen LogP contribution in [-0.4, -0.2) is 64.3 Å². The van der Waals surface area contributed by atoms with Crippen molar-refractivity contribution in [2.75, 3.05) is 32.7 Å². The average molecular weight is 588 g/mol. The molecule has 1 aliphatic heterocycles. The standard InChI is InChI=1S/C32H34FN5O3S/c1-2-34-32(40)38-13-11-37(12-14-38)20-23-5-7-26(36-19-23)30-18-27-31(42-30)29(9-10-35-27)41-28-8-6-22(17-25(28)33)16-24(39)15-21-3-4-21/h5-10,17-19,21H,2-4,11-16,20H2,1H3,(H,34,40). The summed E-state index contributed by atoms with van der Waals surface area (Å²) in [6.07, 6.45) is 6.64. The van der Waals surface area contributed by atoms with Gasteiger partial charge in [-0.1, -0.05) is 12.1 Å². The van der Waals surface area contributed by atoms with Crippen LogP contribution in [0.3, 0.4) is 0 Å². The number of aromatic nitrogens is 2. The van der Waals surface area contributed by atoms with Crippen molar-refractivity contribution >= 4 is 33.4 Å². The molecule has 0 spiro atoms. The minimum absolute atomic E-state index is 0.00433. The number of halogens is 1. The van der Waals surface area contributed by atoms with Gasteiger partial charge in [-0.05, 0) is 61.1 Å². The summed E-state index contributed by atoms with van der Waals surface area (Å²) in [6, 6.07) is 12.6. The van der Waals surface area contributed by atoms with Gasteiger partial charge in [0, 0.05) is 70.6 Å². The van der Waals surface area contributed by atoms with E-state index >= 15 is 0 Å². The highest BCUT2D eigenvalue weighted by Crippen LogP contribution is 2.39. The number of nitrogens with zero attached hydrogens (tertiary/aromatic N) is 4. The summed E-state index contributed by atoms with van der Waals surface area (Å²) in [5.41, 5.74) is 3.37. The Hall–Kier alpha value is -3.89. The molecule has 1 saturated carbocycles. The Bertz CT molecular complexity index is 1580. The van der Waals surface area contributed by atoms with E-state index in [1.54, 1.807) is 24.4 Å². The molecule has 4 heterocycles. The fourth-order valence-electron chi connectivity index (χ4n) is 5.21. The summed E-state index contributed by atoms with van der Waals surface area (Å²) in [5, 5.41) is 2.86. The Morgan fingerprint density at radius 1 is 1.02 bits per heavy atom. The van der Waals surface area contributed by atoms with Crippen LogP contribution in [0.25, 0.3) is 20.8 Å². The number of carbonyl (C=O) groups is 2. The monoisotopic (exact) mass is 587 g/mol. The van der Waals surface area contributed by atoms with E-state index in [2.05, 4.69) is 21.3 Å². The molecule has 0 atom stereocenters. The SMILES string of the molecule is CCNC(=O)N1CCN(Cc2ccc(-c3cc4nccc(Oc5ccc(CC(=O)CC6CC6)cc5F)c4s3)nc2)CC1. The van der Waals surface area contributed by atoms with Gasteiger partial charge < -0.3 is 15.0 Å². The van der Waals surface area contributed by atoms with Crippen molar-refractivity contribution in [2.45, 2.75) is 39.2 Å². The van der Waals surface area contributed by atoms with Crippen LogP contribution in [-0.2, 0) is 17.8 Å². The van der Waals surface area contributed by atoms with Crippen LogP contribution in [0.5, 0.6) is 11.5 Å². The predicted octanol–water partition coefficient (Wildman–Crippen LogP) is 6.05. The molecule has 10 heteroatoms. The zero-order chi connectivity index (χ0) is 29.1. The average Bonchev–Trinajstić information content (AvgIpc) is 3.69. The van der Waals surface area contributed by atoms with Crippen molar-refractivity contribution < 1.29 is 18.7 Å². The zero-order valence-corrected chi connectivity index (χ0v) is 24.5. The number of ketones is 1. The third-order valence-electron chi connectivity index (χ3n) is 7.68. The molecule has 2 aliphatic rings. The topological polar surface area (TPSA) is 87.7 Å². The number of benzene rings is 1. The van der Waals surface area contributed by atoms with Gasteiger partial charge in [-0.3, -0.25) is 19.7 Å². The van der Waals surface area contributed by atoms with E-state index < -0.39 is 5.82 Å². The molecule has 0 radical (unpaired) electrons. The van der Waals surface area contributed by atoms with E-state index in [9.17, 15) is 14.0 Å². The number of amides is 2. The quantitative estimate of drug-likeness (QED) is 0.243. The Morgan fingerprint density at radius 3 is 2.55 bits per heavy atom. The molecule has 8 nitrogen and oxygen atoms in total. The lowest BCUT2D eigenvalue weighted by Gasteiger charge is -2.34. The van der Waals surface area contributed by atoms with Crippen LogP contribution in [0.15, 0.2) is 54.9 Å². The van der Waals surface area contributed by atoms with Crippen molar-refractivity contribution in [3.63, 3.8) is 0 Å². The van der Waals surface area contributed by atoms with Crippen LogP contribution in [0, 0.1) is 11.7 Å². The van der Waals surface area contributed by atoms with E-state index in [0.717, 1.165) is 58.8 Å². The number of nitrogens with one attached hydrogen (secondary N) is 1. The number of fused-ring (bicyclic) bond motifs is 1. The summed E-state index contributed by atoms with van der Waals surface area (Å²) >= 11 is 1.50. The second-order valence-electron chi connectivity index (χ2n) is 11.0. The van der Waals surface area contributed by atoms with Crippen LogP contribution < -0.4 is 10.1 Å². The van der Waals surface area contributed by atoms with Crippen molar-refractivity contribution in [3.8, 4) is 22.1 Å². The molecule has 0 unspecified atom stereocenters. The zero-order valence-electron chi connectivity index (χ0n) is 23.6. The third-order valence-corrected chi connectivity index (χ3v) is 8.84. The number of rotatable bonds is 10. The summed E-state index contributed by atoms with van der Waals surface area (Å²) < 4.78 is 21.8. The fraction of sp³-hybridized carbons (Fsp3) is 0.375. The number of thiophene rings is 1. The summed E-state index contributed by atoms with van der Waals surface area (Å²) in [6.45, 7) is 6.42. The molecule has 2 fully saturated rings. The number of hydrogen-bond donors (Lipinski definition) is 1. The van der Waals surface area contributed by atoms with Crippen LogP contribution in [0.2, 0.25) is 0 Å². The number of urea groups is 1. The van der Waals surface area contributed by atoms with Gasteiger partial charge in [0.05, 0.1) is 20.8 Å². The lowest BCUT2D eigenvalue weighted by Crippen LogP contribution is -2.51. The van der Waals surface area contributed by atoms with Gasteiger partial charge in [0.15, 0.2) is 11.6 Å². The first-order valence-electron chi connectivity index (χ1n) is 14.5. The normalized spacial score (nSPS) is 15.6. The molecule has 2 amide bonds. The number of hydrogen-bond acceptors (Lipinski definition) is 7. The highest BCUT2D eigenvalue weighted by atomic mass is 32.1. The highest BCUT2D eigenvalue weighted by Gasteiger charge is 2.24. The molecular formula is C32H34FN5O3S. The first kappa shape index (κ1) is 28.2. The van der Waals surface area contributed by atoms with Crippen molar-refractivity contribution in [2.24, 2.45) is 5.92 Å². The molecule has 1 saturated heterocycles. The largest absolute Gasteiger partial charge is 0.453 e. The third kappa shape index (κ3) is 6.77. The molecule has 218 valence electrons. The molecule has 4 aromatic rings. The molecule has 1 aliphatic carbocycles. The minimum Gasteiger partial charge on any atom is -0.453 e. The Balaban J connectivity index is 1.10. The van der Waals surface area contributed by atoms with Crippen LogP contribution >= 0.6 is 11.3 Å². The number of pyridine rings is 2. The first-order valence-corrected chi connectivity index (χ1v) is 15.3. The second-order valence-corrected chi connectivity index (χ2v) is 12.1. The smallest absolute Gasteiger partial charge is 0.317 e. The van der Waals surface area contributed by atoms with Gasteiger partial charge in [0.25, 0.3) is 0 Å². The van der Waals surface area contributed by atoms with Gasteiger partial charge in [-0.15, -0.1) is 11.3 Å². The molecule has 1 N–H and O–H groups in total. The lowest BCUT2D eigenvalue weighted by molar-refractivity contribution is -0.118. The predicted molar refractivity (Wildman–Crippen MR) is 161 cm³/mol. The molecule has 0 bridgehead atoms. The fourth-order valence-corrected chi connectivity index (χ4v) is 6.26. The maximum Gasteiger partial charge on any atom is 0.317 e. The van der Waals surface area contributed by atoms with Crippen LogP contribution in [0.4, 0.5) is 9.18 Å².